The number of amides is 2. The number of piperidine rings is 1. The first-order valence-corrected chi connectivity index (χ1v) is 12.2. The van der Waals surface area contributed by atoms with Crippen molar-refractivity contribution >= 4 is 46.3 Å². The second kappa shape index (κ2) is 10.4. The molecule has 4 heterocycles. The molecule has 1 saturated heterocycles. The summed E-state index contributed by atoms with van der Waals surface area (Å²) in [4.78, 5) is 51.2. The summed E-state index contributed by atoms with van der Waals surface area (Å²) in [5.41, 5.74) is 7.96. The number of para-hydroxylation sites is 1. The molecule has 4 aromatic rings. The third-order valence-corrected chi connectivity index (χ3v) is 6.90. The van der Waals surface area contributed by atoms with Crippen molar-refractivity contribution in [3.05, 3.63) is 64.8 Å². The monoisotopic (exact) mass is 525 g/mol. The molecule has 11 heteroatoms. The molecular weight excluding hydrogens is 494 g/mol. The molecule has 0 aliphatic carbocycles. The molecular formula is C26H32ClN7O3. The van der Waals surface area contributed by atoms with Gasteiger partial charge in [0.25, 0.3) is 0 Å². The van der Waals surface area contributed by atoms with Crippen molar-refractivity contribution in [1.29, 1.82) is 0 Å². The lowest BCUT2D eigenvalue weighted by Gasteiger charge is -2.35. The van der Waals surface area contributed by atoms with Gasteiger partial charge in [-0.3, -0.25) is 14.2 Å². The predicted octanol–water partition coefficient (Wildman–Crippen LogP) is 2.26. The van der Waals surface area contributed by atoms with Gasteiger partial charge in [-0.1, -0.05) is 18.2 Å². The number of nitrogens with two attached hydrogens (primary N) is 1. The number of likely N-dealkylation sites (tertiary alicyclic amines) is 1. The van der Waals surface area contributed by atoms with Crippen LogP contribution in [-0.4, -0.2) is 60.9 Å². The number of hydrogen-bond acceptors (Lipinski definition) is 5. The molecule has 1 aromatic carbocycles. The zero-order valence-corrected chi connectivity index (χ0v) is 21.7. The topological polar surface area (TPSA) is 142 Å². The van der Waals surface area contributed by atoms with Gasteiger partial charge >= 0.3 is 5.69 Å². The van der Waals surface area contributed by atoms with E-state index in [1.165, 1.54) is 0 Å². The van der Waals surface area contributed by atoms with Crippen molar-refractivity contribution in [3.63, 3.8) is 0 Å². The Hall–Kier alpha value is -3.63. The summed E-state index contributed by atoms with van der Waals surface area (Å²) < 4.78 is 1.69. The van der Waals surface area contributed by atoms with Crippen LogP contribution in [0.1, 0.15) is 38.3 Å². The number of aromatic amines is 2. The molecule has 5 N–H and O–H groups in total. The van der Waals surface area contributed by atoms with Crippen LogP contribution in [-0.2, 0) is 16.0 Å². The molecule has 0 radical (unpaired) electrons. The van der Waals surface area contributed by atoms with E-state index in [1.807, 2.05) is 36.5 Å². The highest BCUT2D eigenvalue weighted by Crippen LogP contribution is 2.25. The first kappa shape index (κ1) is 26.4. The standard InChI is InChI=1S/C26H31N7O3.ClH/c1-26(2,27)24(35)30-21(14-16-15-29-19-7-4-3-6-18(16)19)23(34)32-12-9-17(10-13-32)33-22-20(31-25(33)36)8-5-11-28-22;/h3-8,11,15,17,21,29H,9-10,12-14,27H2,1-2H3,(H,30,35)(H,31,36);1H/t21-;/m1./s1. The minimum atomic E-state index is -1.12. The van der Waals surface area contributed by atoms with Crippen LogP contribution in [0.5, 0.6) is 0 Å². The van der Waals surface area contributed by atoms with Crippen LogP contribution in [0.4, 0.5) is 0 Å². The molecule has 196 valence electrons. The number of pyridine rings is 1. The second-order valence-electron chi connectivity index (χ2n) is 10.0. The van der Waals surface area contributed by atoms with Crippen molar-refractivity contribution in [2.45, 2.75) is 50.7 Å². The highest BCUT2D eigenvalue weighted by atomic mass is 35.5. The summed E-state index contributed by atoms with van der Waals surface area (Å²) in [6.45, 7) is 4.19. The zero-order chi connectivity index (χ0) is 25.4. The lowest BCUT2D eigenvalue weighted by atomic mass is 9.99. The van der Waals surface area contributed by atoms with E-state index in [1.54, 1.807) is 35.6 Å². The molecule has 0 spiro atoms. The smallest absolute Gasteiger partial charge is 0.327 e. The molecule has 10 nitrogen and oxygen atoms in total. The number of aromatic nitrogens is 4. The molecule has 1 aliphatic heterocycles. The first-order valence-electron chi connectivity index (χ1n) is 12.2. The van der Waals surface area contributed by atoms with Gasteiger partial charge in [-0.2, -0.15) is 0 Å². The van der Waals surface area contributed by atoms with E-state index in [2.05, 4.69) is 20.3 Å². The van der Waals surface area contributed by atoms with Crippen LogP contribution in [0.25, 0.3) is 22.1 Å². The van der Waals surface area contributed by atoms with Crippen LogP contribution in [0.2, 0.25) is 0 Å². The lowest BCUT2D eigenvalue weighted by molar-refractivity contribution is -0.138. The predicted molar refractivity (Wildman–Crippen MR) is 145 cm³/mol. The lowest BCUT2D eigenvalue weighted by Crippen LogP contribution is -2.57. The minimum Gasteiger partial charge on any atom is -0.361 e. The van der Waals surface area contributed by atoms with Gasteiger partial charge in [-0.15, -0.1) is 12.4 Å². The number of hydrogen-bond donors (Lipinski definition) is 4. The number of imidazole rings is 1. The fraction of sp³-hybridized carbons (Fsp3) is 0.385. The number of carbonyl (C=O) groups excluding carboxylic acids is 2. The van der Waals surface area contributed by atoms with E-state index in [9.17, 15) is 14.4 Å². The average molecular weight is 526 g/mol. The van der Waals surface area contributed by atoms with Crippen LogP contribution >= 0.6 is 12.4 Å². The summed E-state index contributed by atoms with van der Waals surface area (Å²) in [5.74, 6) is -0.535. The number of nitrogens with one attached hydrogen (secondary N) is 3. The van der Waals surface area contributed by atoms with E-state index in [4.69, 9.17) is 5.73 Å². The molecule has 1 atom stereocenters. The SMILES string of the molecule is CC(C)(N)C(=O)N[C@H](Cc1c[nH]c2ccccc12)C(=O)N1CCC(n2c(=O)[nH]c3cccnc32)CC1.Cl. The Morgan fingerprint density at radius 1 is 1.16 bits per heavy atom. The van der Waals surface area contributed by atoms with Gasteiger partial charge < -0.3 is 25.9 Å². The molecule has 0 saturated carbocycles. The van der Waals surface area contributed by atoms with Crippen LogP contribution in [0.3, 0.4) is 0 Å². The van der Waals surface area contributed by atoms with Crippen molar-refractivity contribution < 1.29 is 9.59 Å². The Morgan fingerprint density at radius 2 is 1.86 bits per heavy atom. The highest BCUT2D eigenvalue weighted by molar-refractivity contribution is 5.92. The highest BCUT2D eigenvalue weighted by Gasteiger charge is 2.33. The molecule has 5 rings (SSSR count). The van der Waals surface area contributed by atoms with Crippen LogP contribution in [0, 0.1) is 0 Å². The number of rotatable bonds is 6. The fourth-order valence-corrected chi connectivity index (χ4v) is 4.93. The quantitative estimate of drug-likeness (QED) is 0.305. The van der Waals surface area contributed by atoms with E-state index in [-0.39, 0.29) is 36.0 Å². The van der Waals surface area contributed by atoms with Gasteiger partial charge in [-0.25, -0.2) is 9.78 Å². The molecule has 1 fully saturated rings. The van der Waals surface area contributed by atoms with Crippen molar-refractivity contribution in [3.8, 4) is 0 Å². The van der Waals surface area contributed by atoms with Crippen LogP contribution in [0.15, 0.2) is 53.6 Å². The van der Waals surface area contributed by atoms with E-state index < -0.39 is 11.6 Å². The normalized spacial score (nSPS) is 15.5. The molecule has 2 amide bonds. The Balaban J connectivity index is 0.00000320. The molecule has 0 bridgehead atoms. The number of halogens is 1. The number of fused-ring (bicyclic) bond motifs is 2. The second-order valence-corrected chi connectivity index (χ2v) is 10.0. The molecule has 0 unspecified atom stereocenters. The average Bonchev–Trinajstić information content (AvgIpc) is 3.42. The zero-order valence-electron chi connectivity index (χ0n) is 20.9. The summed E-state index contributed by atoms with van der Waals surface area (Å²) >= 11 is 0. The number of carbonyl (C=O) groups is 2. The third kappa shape index (κ3) is 5.26. The van der Waals surface area contributed by atoms with Crippen molar-refractivity contribution in [2.75, 3.05) is 13.1 Å². The maximum absolute atomic E-state index is 13.7. The van der Waals surface area contributed by atoms with Crippen LogP contribution < -0.4 is 16.7 Å². The molecule has 1 aliphatic rings. The van der Waals surface area contributed by atoms with Gasteiger partial charge in [0.2, 0.25) is 11.8 Å². The van der Waals surface area contributed by atoms with E-state index in [0.717, 1.165) is 16.5 Å². The van der Waals surface area contributed by atoms with E-state index >= 15 is 0 Å². The number of nitrogens with zero attached hydrogens (tertiary/aromatic N) is 3. The number of H-pyrrole nitrogens is 2. The summed E-state index contributed by atoms with van der Waals surface area (Å²) in [6.07, 6.45) is 5.13. The summed E-state index contributed by atoms with van der Waals surface area (Å²) in [7, 11) is 0. The van der Waals surface area contributed by atoms with Gasteiger partial charge in [0.15, 0.2) is 5.65 Å². The first-order chi connectivity index (χ1) is 17.2. The Labute approximate surface area is 220 Å². The van der Waals surface area contributed by atoms with Crippen molar-refractivity contribution in [2.24, 2.45) is 5.73 Å². The number of benzene rings is 1. The van der Waals surface area contributed by atoms with E-state index in [0.29, 0.717) is 43.5 Å². The Bertz CT molecular complexity index is 1470. The molecule has 3 aromatic heterocycles. The largest absolute Gasteiger partial charge is 0.361 e. The Kier molecular flexibility index (Phi) is 7.42. The maximum atomic E-state index is 13.7. The van der Waals surface area contributed by atoms with Crippen molar-refractivity contribution in [1.82, 2.24) is 29.7 Å². The Morgan fingerprint density at radius 3 is 2.59 bits per heavy atom. The fourth-order valence-electron chi connectivity index (χ4n) is 4.93. The van der Waals surface area contributed by atoms with Gasteiger partial charge in [0, 0.05) is 48.8 Å². The third-order valence-electron chi connectivity index (χ3n) is 6.90. The molecule has 37 heavy (non-hydrogen) atoms. The van der Waals surface area contributed by atoms with Gasteiger partial charge in [0.1, 0.15) is 6.04 Å². The maximum Gasteiger partial charge on any atom is 0.327 e. The van der Waals surface area contributed by atoms with Gasteiger partial charge in [0.05, 0.1) is 11.1 Å². The summed E-state index contributed by atoms with van der Waals surface area (Å²) in [6, 6.07) is 10.7. The minimum absolute atomic E-state index is 0. The van der Waals surface area contributed by atoms with Gasteiger partial charge in [-0.05, 0) is 50.5 Å². The summed E-state index contributed by atoms with van der Waals surface area (Å²) in [5, 5.41) is 3.91.